The number of amides is 2. The van der Waals surface area contributed by atoms with Crippen molar-refractivity contribution in [2.24, 2.45) is 0 Å². The zero-order chi connectivity index (χ0) is 25.9. The summed E-state index contributed by atoms with van der Waals surface area (Å²) in [5, 5.41) is 28.3. The van der Waals surface area contributed by atoms with Crippen molar-refractivity contribution >= 4 is 57.2 Å². The summed E-state index contributed by atoms with van der Waals surface area (Å²) in [5.41, 5.74) is 2.54. The van der Waals surface area contributed by atoms with Crippen molar-refractivity contribution in [3.63, 3.8) is 0 Å². The minimum atomic E-state index is -0.557. The Bertz CT molecular complexity index is 1590. The van der Waals surface area contributed by atoms with Crippen LogP contribution in [0.2, 0.25) is 10.0 Å². The first-order chi connectivity index (χ1) is 17.9. The summed E-state index contributed by atoms with van der Waals surface area (Å²) in [5.74, 6) is -0.342. The van der Waals surface area contributed by atoms with E-state index in [-0.39, 0.29) is 21.7 Å². The summed E-state index contributed by atoms with van der Waals surface area (Å²) in [4.78, 5) is 29.1. The van der Waals surface area contributed by atoms with Gasteiger partial charge in [-0.25, -0.2) is 14.5 Å². The van der Waals surface area contributed by atoms with Gasteiger partial charge >= 0.3 is 6.03 Å². The Morgan fingerprint density at radius 1 is 0.919 bits per heavy atom. The molecule has 13 heteroatoms. The quantitative estimate of drug-likeness (QED) is 0.231. The van der Waals surface area contributed by atoms with Crippen molar-refractivity contribution in [1.29, 1.82) is 0 Å². The first-order valence-electron chi connectivity index (χ1n) is 10.6. The van der Waals surface area contributed by atoms with Gasteiger partial charge < -0.3 is 10.4 Å². The van der Waals surface area contributed by atoms with Gasteiger partial charge in [0.2, 0.25) is 5.13 Å². The molecule has 3 N–H and O–H groups in total. The Balaban J connectivity index is 1.21. The van der Waals surface area contributed by atoms with Crippen LogP contribution in [-0.4, -0.2) is 41.9 Å². The topological polar surface area (TPSA) is 135 Å². The zero-order valence-electron chi connectivity index (χ0n) is 18.6. The second-order valence-electron chi connectivity index (χ2n) is 7.57. The summed E-state index contributed by atoms with van der Waals surface area (Å²) in [7, 11) is 0. The van der Waals surface area contributed by atoms with E-state index in [1.165, 1.54) is 18.5 Å². The molecular weight excluding hydrogens is 537 g/mol. The van der Waals surface area contributed by atoms with E-state index in [2.05, 4.69) is 30.9 Å². The molecule has 5 rings (SSSR count). The fraction of sp³-hybridized carbons (Fsp3) is 0. The van der Waals surface area contributed by atoms with Gasteiger partial charge in [0.05, 0.1) is 16.3 Å². The van der Waals surface area contributed by atoms with Gasteiger partial charge in [-0.1, -0.05) is 34.5 Å². The molecule has 0 spiro atoms. The zero-order valence-corrected chi connectivity index (χ0v) is 20.9. The maximum atomic E-state index is 12.8. The summed E-state index contributed by atoms with van der Waals surface area (Å²) in [6.45, 7) is 0. The van der Waals surface area contributed by atoms with Crippen LogP contribution in [0.15, 0.2) is 73.3 Å². The third kappa shape index (κ3) is 5.43. The van der Waals surface area contributed by atoms with E-state index in [1.807, 2.05) is 0 Å². The fourth-order valence-corrected chi connectivity index (χ4v) is 4.60. The number of halogens is 2. The number of aromatic hydroxyl groups is 1. The lowest BCUT2D eigenvalue weighted by molar-refractivity contribution is 0.103. The molecule has 0 bridgehead atoms. The van der Waals surface area contributed by atoms with Crippen molar-refractivity contribution < 1.29 is 14.7 Å². The van der Waals surface area contributed by atoms with Crippen LogP contribution in [0, 0.1) is 0 Å². The third-order valence-corrected chi connectivity index (χ3v) is 6.50. The van der Waals surface area contributed by atoms with Gasteiger partial charge in [-0.3, -0.25) is 10.1 Å². The number of rotatable bonds is 6. The molecule has 0 fully saturated rings. The highest BCUT2D eigenvalue weighted by Crippen LogP contribution is 2.39. The molecule has 0 saturated heterocycles. The predicted molar refractivity (Wildman–Crippen MR) is 141 cm³/mol. The number of carbonyl (C=O) groups excluding carboxylic acids is 2. The minimum Gasteiger partial charge on any atom is -0.506 e. The lowest BCUT2D eigenvalue weighted by Crippen LogP contribution is -2.19. The highest BCUT2D eigenvalue weighted by Gasteiger charge is 2.16. The number of phenolic OH excluding ortho intramolecular Hbond substituents is 1. The third-order valence-electron chi connectivity index (χ3n) is 5.12. The highest BCUT2D eigenvalue weighted by atomic mass is 35.5. The number of nitrogens with one attached hydrogen (secondary N) is 2. The van der Waals surface area contributed by atoms with Crippen LogP contribution in [0.1, 0.15) is 15.9 Å². The Kier molecular flexibility index (Phi) is 6.82. The monoisotopic (exact) mass is 551 g/mol. The fourth-order valence-electron chi connectivity index (χ4n) is 3.35. The molecule has 37 heavy (non-hydrogen) atoms. The van der Waals surface area contributed by atoms with Gasteiger partial charge in [-0.05, 0) is 60.7 Å². The molecule has 0 atom stereocenters. The smallest absolute Gasteiger partial charge is 0.325 e. The Morgan fingerprint density at radius 2 is 1.62 bits per heavy atom. The molecular formula is C24H15Cl2N7O3S. The number of ketones is 1. The van der Waals surface area contributed by atoms with E-state index in [0.29, 0.717) is 32.4 Å². The molecule has 10 nitrogen and oxygen atoms in total. The number of aromatic nitrogens is 5. The number of anilines is 2. The maximum absolute atomic E-state index is 12.8. The second-order valence-corrected chi connectivity index (χ2v) is 9.39. The van der Waals surface area contributed by atoms with Crippen LogP contribution in [-0.2, 0) is 0 Å². The number of urea groups is 1. The summed E-state index contributed by atoms with van der Waals surface area (Å²) >= 11 is 13.0. The summed E-state index contributed by atoms with van der Waals surface area (Å²) in [6.07, 6.45) is 3.01. The first-order valence-corrected chi connectivity index (χ1v) is 12.1. The molecule has 0 unspecified atom stereocenters. The average Bonchev–Trinajstić information content (AvgIpc) is 3.59. The van der Waals surface area contributed by atoms with Gasteiger partial charge in [0.1, 0.15) is 18.4 Å². The molecule has 0 aliphatic rings. The van der Waals surface area contributed by atoms with Crippen molar-refractivity contribution in [2.45, 2.75) is 0 Å². The number of nitrogens with zero attached hydrogens (tertiary/aromatic N) is 5. The van der Waals surface area contributed by atoms with Crippen LogP contribution in [0.3, 0.4) is 0 Å². The molecule has 0 aliphatic carbocycles. The van der Waals surface area contributed by atoms with Crippen molar-refractivity contribution in [1.82, 2.24) is 25.0 Å². The van der Waals surface area contributed by atoms with Gasteiger partial charge in [0.25, 0.3) is 0 Å². The van der Waals surface area contributed by atoms with Crippen LogP contribution in [0.4, 0.5) is 15.6 Å². The number of carbonyl (C=O) groups is 2. The van der Waals surface area contributed by atoms with E-state index in [9.17, 15) is 14.7 Å². The molecule has 2 aromatic heterocycles. The molecule has 0 saturated carbocycles. The highest BCUT2D eigenvalue weighted by molar-refractivity contribution is 7.18. The number of phenols is 1. The lowest BCUT2D eigenvalue weighted by atomic mass is 10.0. The normalized spacial score (nSPS) is 10.8. The van der Waals surface area contributed by atoms with E-state index in [1.54, 1.807) is 59.5 Å². The second kappa shape index (κ2) is 10.3. The van der Waals surface area contributed by atoms with Crippen LogP contribution in [0.25, 0.3) is 16.3 Å². The van der Waals surface area contributed by atoms with Crippen molar-refractivity contribution in [2.75, 3.05) is 10.6 Å². The number of hydrogen-bond acceptors (Lipinski definition) is 8. The molecule has 2 amide bonds. The van der Waals surface area contributed by atoms with Gasteiger partial charge in [0.15, 0.2) is 10.8 Å². The van der Waals surface area contributed by atoms with Crippen LogP contribution >= 0.6 is 34.5 Å². The van der Waals surface area contributed by atoms with Crippen molar-refractivity contribution in [3.8, 4) is 22.0 Å². The average molecular weight is 552 g/mol. The van der Waals surface area contributed by atoms with Gasteiger partial charge in [0, 0.05) is 21.8 Å². The molecule has 5 aromatic rings. The SMILES string of the molecule is O=C(Nc1ccc(C(=O)c2ccc(-n3cncn3)cc2)cc1)Nc1nnc(-c2cc(Cl)cc(Cl)c2O)s1. The van der Waals surface area contributed by atoms with Crippen LogP contribution in [0.5, 0.6) is 5.75 Å². The number of benzene rings is 3. The van der Waals surface area contributed by atoms with Crippen LogP contribution < -0.4 is 10.6 Å². The Hall–Kier alpha value is -4.32. The summed E-state index contributed by atoms with van der Waals surface area (Å²) < 4.78 is 1.60. The Morgan fingerprint density at radius 3 is 2.30 bits per heavy atom. The molecule has 0 radical (unpaired) electrons. The number of hydrogen-bond donors (Lipinski definition) is 3. The molecule has 2 heterocycles. The predicted octanol–water partition coefficient (Wildman–Crippen LogP) is 5.67. The van der Waals surface area contributed by atoms with E-state index < -0.39 is 6.03 Å². The van der Waals surface area contributed by atoms with E-state index in [0.717, 1.165) is 17.0 Å². The lowest BCUT2D eigenvalue weighted by Gasteiger charge is -2.07. The van der Waals surface area contributed by atoms with E-state index in [4.69, 9.17) is 23.2 Å². The van der Waals surface area contributed by atoms with Gasteiger partial charge in [-0.15, -0.1) is 10.2 Å². The Labute approximate surface area is 223 Å². The van der Waals surface area contributed by atoms with Crippen molar-refractivity contribution in [3.05, 3.63) is 94.5 Å². The summed E-state index contributed by atoms with van der Waals surface area (Å²) in [6, 6.07) is 15.8. The molecule has 3 aromatic carbocycles. The largest absolute Gasteiger partial charge is 0.506 e. The first kappa shape index (κ1) is 24.4. The van der Waals surface area contributed by atoms with E-state index >= 15 is 0 Å². The van der Waals surface area contributed by atoms with Gasteiger partial charge in [-0.2, -0.15) is 5.10 Å². The maximum Gasteiger partial charge on any atom is 0.325 e. The molecule has 184 valence electrons. The standard InChI is InChI=1S/C24H15Cl2N7O3S/c25-15-9-18(21(35)19(26)10-15)22-31-32-24(37-22)30-23(36)29-16-5-1-13(2-6-16)20(34)14-3-7-17(8-4-14)33-12-27-11-28-33/h1-12,35H,(H2,29,30,32,36). The minimum absolute atomic E-state index is 0.0793. The molecule has 0 aliphatic heterocycles.